The minimum absolute atomic E-state index is 0.547. The molecule has 0 bridgehead atoms. The van der Waals surface area contributed by atoms with E-state index >= 15 is 0 Å². The van der Waals surface area contributed by atoms with Crippen LogP contribution in [0.4, 0.5) is 13.2 Å². The van der Waals surface area contributed by atoms with E-state index in [2.05, 4.69) is 9.97 Å². The van der Waals surface area contributed by atoms with Gasteiger partial charge in [-0.1, -0.05) is 12.1 Å². The molecule has 0 radical (unpaired) electrons. The molecule has 0 spiro atoms. The Morgan fingerprint density at radius 3 is 2.52 bits per heavy atom. The molecule has 2 heterocycles. The van der Waals surface area contributed by atoms with Gasteiger partial charge < -0.3 is 0 Å². The van der Waals surface area contributed by atoms with Gasteiger partial charge in [0.1, 0.15) is 0 Å². The molecular weight excluding hydrogens is 305 g/mol. The zero-order valence-corrected chi connectivity index (χ0v) is 12.5. The fourth-order valence-corrected chi connectivity index (χ4v) is 2.44. The fraction of sp³-hybridized carbons (Fsp3) is 0.250. The number of imidazole rings is 1. The second kappa shape index (κ2) is 6.00. The third-order valence-corrected chi connectivity index (χ3v) is 3.53. The smallest absolute Gasteiger partial charge is 0.296 e. The molecule has 0 amide bonds. The third-order valence-electron chi connectivity index (χ3n) is 3.53. The zero-order chi connectivity index (χ0) is 16.4. The summed E-state index contributed by atoms with van der Waals surface area (Å²) in [6.07, 6.45) is 1.02. The lowest BCUT2D eigenvalue weighted by Gasteiger charge is -2.17. The van der Waals surface area contributed by atoms with E-state index in [9.17, 15) is 13.2 Å². The molecule has 0 saturated heterocycles. The minimum Gasteiger partial charge on any atom is -0.296 e. The van der Waals surface area contributed by atoms with Crippen LogP contribution >= 0.6 is 0 Å². The van der Waals surface area contributed by atoms with Crippen molar-refractivity contribution in [2.24, 2.45) is 0 Å². The van der Waals surface area contributed by atoms with Crippen LogP contribution < -0.4 is 0 Å². The summed E-state index contributed by atoms with van der Waals surface area (Å²) in [5, 5.41) is 0. The van der Waals surface area contributed by atoms with Crippen molar-refractivity contribution in [3.8, 4) is 0 Å². The summed E-state index contributed by atoms with van der Waals surface area (Å²) in [7, 11) is 1.91. The maximum atomic E-state index is 12.6. The van der Waals surface area contributed by atoms with Gasteiger partial charge in [-0.25, -0.2) is 9.97 Å². The highest BCUT2D eigenvalue weighted by Crippen LogP contribution is 2.29. The zero-order valence-electron chi connectivity index (χ0n) is 12.5. The lowest BCUT2D eigenvalue weighted by Crippen LogP contribution is -2.18. The van der Waals surface area contributed by atoms with Gasteiger partial charge in [0.2, 0.25) is 5.78 Å². The van der Waals surface area contributed by atoms with Gasteiger partial charge in [0, 0.05) is 25.5 Å². The molecule has 23 heavy (non-hydrogen) atoms. The van der Waals surface area contributed by atoms with Gasteiger partial charge in [0.05, 0.1) is 17.5 Å². The number of benzene rings is 1. The second-order valence-electron chi connectivity index (χ2n) is 5.41. The van der Waals surface area contributed by atoms with Crippen molar-refractivity contribution in [2.75, 3.05) is 7.05 Å². The average Bonchev–Trinajstić information content (AvgIpc) is 2.90. The SMILES string of the molecule is CN(Cc1ccc(C(F)(F)F)cc1)Cc1cnc2ncccn12. The summed E-state index contributed by atoms with van der Waals surface area (Å²) >= 11 is 0. The number of hydrogen-bond acceptors (Lipinski definition) is 3. The van der Waals surface area contributed by atoms with Crippen molar-refractivity contribution in [2.45, 2.75) is 19.3 Å². The predicted octanol–water partition coefficient (Wildman–Crippen LogP) is 3.38. The van der Waals surface area contributed by atoms with E-state index in [0.29, 0.717) is 18.9 Å². The highest BCUT2D eigenvalue weighted by Gasteiger charge is 2.29. The molecule has 4 nitrogen and oxygen atoms in total. The summed E-state index contributed by atoms with van der Waals surface area (Å²) in [6, 6.07) is 7.07. The Hall–Kier alpha value is -2.41. The van der Waals surface area contributed by atoms with E-state index in [1.165, 1.54) is 12.1 Å². The van der Waals surface area contributed by atoms with E-state index in [4.69, 9.17) is 0 Å². The molecule has 3 rings (SSSR count). The summed E-state index contributed by atoms with van der Waals surface area (Å²) in [6.45, 7) is 1.17. The molecule has 0 aliphatic rings. The van der Waals surface area contributed by atoms with Crippen LogP contribution in [0.5, 0.6) is 0 Å². The summed E-state index contributed by atoms with van der Waals surface area (Å²) in [5.74, 6) is 0.630. The lowest BCUT2D eigenvalue weighted by atomic mass is 10.1. The van der Waals surface area contributed by atoms with E-state index in [1.807, 2.05) is 28.6 Å². The van der Waals surface area contributed by atoms with Crippen LogP contribution in [0.25, 0.3) is 5.78 Å². The Kier molecular flexibility index (Phi) is 4.04. The Bertz CT molecular complexity index is 793. The van der Waals surface area contributed by atoms with Crippen molar-refractivity contribution < 1.29 is 13.2 Å². The molecule has 0 unspecified atom stereocenters. The highest BCUT2D eigenvalue weighted by molar-refractivity contribution is 5.30. The third kappa shape index (κ3) is 3.50. The first kappa shape index (κ1) is 15.5. The molecule has 7 heteroatoms. The maximum absolute atomic E-state index is 12.6. The summed E-state index contributed by atoms with van der Waals surface area (Å²) in [5.41, 5.74) is 1.17. The Morgan fingerprint density at radius 2 is 1.83 bits per heavy atom. The molecule has 2 aromatic heterocycles. The molecule has 0 N–H and O–H groups in total. The van der Waals surface area contributed by atoms with Gasteiger partial charge >= 0.3 is 6.18 Å². The van der Waals surface area contributed by atoms with Crippen molar-refractivity contribution in [3.63, 3.8) is 0 Å². The molecule has 0 aliphatic carbocycles. The van der Waals surface area contributed by atoms with E-state index in [1.54, 1.807) is 12.4 Å². The molecule has 0 aliphatic heterocycles. The lowest BCUT2D eigenvalue weighted by molar-refractivity contribution is -0.137. The molecule has 1 aromatic carbocycles. The van der Waals surface area contributed by atoms with Gasteiger partial charge in [-0.05, 0) is 30.8 Å². The van der Waals surface area contributed by atoms with Crippen LogP contribution in [0.15, 0.2) is 48.9 Å². The molecule has 0 saturated carbocycles. The molecule has 0 atom stereocenters. The molecular formula is C16H15F3N4. The number of fused-ring (bicyclic) bond motifs is 1. The van der Waals surface area contributed by atoms with Crippen LogP contribution in [0, 0.1) is 0 Å². The van der Waals surface area contributed by atoms with E-state index in [0.717, 1.165) is 23.4 Å². The van der Waals surface area contributed by atoms with Crippen LogP contribution in [0.1, 0.15) is 16.8 Å². The van der Waals surface area contributed by atoms with Crippen molar-refractivity contribution in [3.05, 3.63) is 65.7 Å². The first-order chi connectivity index (χ1) is 10.9. The Labute approximate surface area is 131 Å². The van der Waals surface area contributed by atoms with Gasteiger partial charge in [-0.15, -0.1) is 0 Å². The van der Waals surface area contributed by atoms with Gasteiger partial charge in [0.25, 0.3) is 0 Å². The van der Waals surface area contributed by atoms with Crippen LogP contribution in [0.3, 0.4) is 0 Å². The minimum atomic E-state index is -4.30. The number of nitrogens with zero attached hydrogens (tertiary/aromatic N) is 4. The monoisotopic (exact) mass is 320 g/mol. The average molecular weight is 320 g/mol. The predicted molar refractivity (Wildman–Crippen MR) is 79.6 cm³/mol. The normalized spacial score (nSPS) is 12.2. The number of alkyl halides is 3. The number of hydrogen-bond donors (Lipinski definition) is 0. The van der Waals surface area contributed by atoms with Crippen molar-refractivity contribution >= 4 is 5.78 Å². The number of rotatable bonds is 4. The Morgan fingerprint density at radius 1 is 1.09 bits per heavy atom. The van der Waals surface area contributed by atoms with Gasteiger partial charge in [0.15, 0.2) is 0 Å². The van der Waals surface area contributed by atoms with Crippen LogP contribution in [0.2, 0.25) is 0 Å². The van der Waals surface area contributed by atoms with Crippen LogP contribution in [-0.2, 0) is 19.3 Å². The van der Waals surface area contributed by atoms with E-state index in [-0.39, 0.29) is 0 Å². The van der Waals surface area contributed by atoms with Gasteiger partial charge in [-0.3, -0.25) is 9.30 Å². The van der Waals surface area contributed by atoms with Crippen molar-refractivity contribution in [1.29, 1.82) is 0 Å². The first-order valence-electron chi connectivity index (χ1n) is 7.05. The molecule has 3 aromatic rings. The van der Waals surface area contributed by atoms with Gasteiger partial charge in [-0.2, -0.15) is 13.2 Å². The second-order valence-corrected chi connectivity index (χ2v) is 5.41. The molecule has 0 fully saturated rings. The topological polar surface area (TPSA) is 33.4 Å². The first-order valence-corrected chi connectivity index (χ1v) is 7.05. The number of aromatic nitrogens is 3. The largest absolute Gasteiger partial charge is 0.416 e. The Balaban J connectivity index is 1.68. The maximum Gasteiger partial charge on any atom is 0.416 e. The standard InChI is InChI=1S/C16H15F3N4/c1-22(10-12-3-5-13(6-4-12)16(17,18)19)11-14-9-21-15-20-7-2-8-23(14)15/h2-9H,10-11H2,1H3. The number of halogens is 3. The van der Waals surface area contributed by atoms with E-state index < -0.39 is 11.7 Å². The summed E-state index contributed by atoms with van der Waals surface area (Å²) < 4.78 is 39.6. The van der Waals surface area contributed by atoms with Crippen LogP contribution in [-0.4, -0.2) is 26.3 Å². The highest BCUT2D eigenvalue weighted by atomic mass is 19.4. The van der Waals surface area contributed by atoms with Crippen molar-refractivity contribution in [1.82, 2.24) is 19.3 Å². The molecule has 120 valence electrons. The quantitative estimate of drug-likeness (QED) is 0.739. The fourth-order valence-electron chi connectivity index (χ4n) is 2.44. The summed E-state index contributed by atoms with van der Waals surface area (Å²) in [4.78, 5) is 10.4.